The van der Waals surface area contributed by atoms with Gasteiger partial charge >= 0.3 is 0 Å². The van der Waals surface area contributed by atoms with E-state index >= 15 is 0 Å². The predicted octanol–water partition coefficient (Wildman–Crippen LogP) is 3.66. The van der Waals surface area contributed by atoms with Crippen LogP contribution < -0.4 is 10.5 Å². The molecule has 2 saturated heterocycles. The molecule has 4 nitrogen and oxygen atoms in total. The number of ether oxygens (including phenoxy) is 1. The van der Waals surface area contributed by atoms with E-state index in [4.69, 9.17) is 10.5 Å². The molecule has 2 unspecified atom stereocenters. The van der Waals surface area contributed by atoms with E-state index in [0.29, 0.717) is 4.58 Å². The average molecular weight is 381 g/mol. The smallest absolute Gasteiger partial charge is 0.260 e. The highest BCUT2D eigenvalue weighted by atomic mass is 32.2. The van der Waals surface area contributed by atoms with Gasteiger partial charge < -0.3 is 15.4 Å². The van der Waals surface area contributed by atoms with Crippen molar-refractivity contribution in [2.24, 2.45) is 5.73 Å². The molecule has 0 aliphatic carbocycles. The summed E-state index contributed by atoms with van der Waals surface area (Å²) < 4.78 is 6.28. The molecule has 2 atom stereocenters. The molecule has 1 aromatic carbocycles. The molecule has 1 aromatic rings. The normalized spacial score (nSPS) is 23.3. The van der Waals surface area contributed by atoms with E-state index < -0.39 is 0 Å². The van der Waals surface area contributed by atoms with Crippen molar-refractivity contribution < 1.29 is 9.53 Å². The van der Waals surface area contributed by atoms with Crippen LogP contribution in [0.3, 0.4) is 0 Å². The van der Waals surface area contributed by atoms with Gasteiger partial charge in [0.25, 0.3) is 5.91 Å². The Morgan fingerprint density at radius 2 is 1.96 bits per heavy atom. The maximum atomic E-state index is 12.5. The second-order valence-corrected chi connectivity index (χ2v) is 9.52. The maximum Gasteiger partial charge on any atom is 0.260 e. The molecule has 2 heterocycles. The van der Waals surface area contributed by atoms with Crippen molar-refractivity contribution in [3.05, 3.63) is 29.8 Å². The fourth-order valence-corrected chi connectivity index (χ4v) is 6.34. The summed E-state index contributed by atoms with van der Waals surface area (Å²) in [5, 5.41) is 0. The van der Waals surface area contributed by atoms with Crippen LogP contribution in [-0.4, -0.2) is 47.5 Å². The van der Waals surface area contributed by atoms with Gasteiger partial charge in [0.05, 0.1) is 4.58 Å². The summed E-state index contributed by atoms with van der Waals surface area (Å²) in [5.74, 6) is 3.28. The number of hydrogen-bond donors (Lipinski definition) is 1. The standard InChI is InChI=1S/C19H28N2O2S2/c1-14(20)17-5-2-3-10-21(17)18(22)13-23-16-8-6-15(7-9-16)19-24-11-4-12-25-19/h6-9,14,17,19H,2-5,10-13,20H2,1H3. The molecule has 1 amide bonds. The first-order valence-corrected chi connectivity index (χ1v) is 11.3. The number of likely N-dealkylation sites (tertiary alicyclic amines) is 1. The third-order valence-electron chi connectivity index (χ3n) is 4.82. The molecule has 6 heteroatoms. The zero-order chi connectivity index (χ0) is 17.6. The molecule has 2 N–H and O–H groups in total. The minimum absolute atomic E-state index is 0.00836. The summed E-state index contributed by atoms with van der Waals surface area (Å²) in [5.41, 5.74) is 7.39. The van der Waals surface area contributed by atoms with E-state index in [1.807, 2.05) is 47.5 Å². The fraction of sp³-hybridized carbons (Fsp3) is 0.632. The minimum atomic E-state index is 0.00836. The van der Waals surface area contributed by atoms with Gasteiger partial charge in [-0.25, -0.2) is 0 Å². The molecule has 2 aliphatic rings. The fourth-order valence-electron chi connectivity index (χ4n) is 3.44. The number of thioether (sulfide) groups is 2. The summed E-state index contributed by atoms with van der Waals surface area (Å²) in [4.78, 5) is 14.5. The lowest BCUT2D eigenvalue weighted by atomic mass is 9.97. The SMILES string of the molecule is CC(N)C1CCCCN1C(=O)COc1ccc(C2SCCCS2)cc1. The zero-order valence-electron chi connectivity index (χ0n) is 14.9. The first-order valence-electron chi connectivity index (χ1n) is 9.16. The molecule has 25 heavy (non-hydrogen) atoms. The summed E-state index contributed by atoms with van der Waals surface area (Å²) >= 11 is 4.02. The van der Waals surface area contributed by atoms with Crippen LogP contribution in [0.2, 0.25) is 0 Å². The maximum absolute atomic E-state index is 12.5. The summed E-state index contributed by atoms with van der Waals surface area (Å²) in [6.07, 6.45) is 4.50. The van der Waals surface area contributed by atoms with Gasteiger partial charge in [-0.3, -0.25) is 4.79 Å². The van der Waals surface area contributed by atoms with Crippen molar-refractivity contribution in [1.29, 1.82) is 0 Å². The van der Waals surface area contributed by atoms with Gasteiger partial charge in [0, 0.05) is 18.6 Å². The molecular formula is C19H28N2O2S2. The highest BCUT2D eigenvalue weighted by Gasteiger charge is 2.29. The van der Waals surface area contributed by atoms with Gasteiger partial charge in [-0.1, -0.05) is 12.1 Å². The van der Waals surface area contributed by atoms with Gasteiger partial charge in [-0.15, -0.1) is 23.5 Å². The van der Waals surface area contributed by atoms with E-state index in [0.717, 1.165) is 31.6 Å². The number of hydrogen-bond acceptors (Lipinski definition) is 5. The predicted molar refractivity (Wildman–Crippen MR) is 107 cm³/mol. The van der Waals surface area contributed by atoms with Crippen LogP contribution in [-0.2, 0) is 4.79 Å². The summed E-state index contributed by atoms with van der Waals surface area (Å²) in [7, 11) is 0. The lowest BCUT2D eigenvalue weighted by Crippen LogP contribution is -2.52. The third-order valence-corrected chi connectivity index (χ3v) is 7.83. The number of piperidine rings is 1. The largest absolute Gasteiger partial charge is 0.484 e. The highest BCUT2D eigenvalue weighted by Crippen LogP contribution is 2.43. The molecule has 0 bridgehead atoms. The van der Waals surface area contributed by atoms with Crippen molar-refractivity contribution in [2.75, 3.05) is 24.7 Å². The van der Waals surface area contributed by atoms with Crippen molar-refractivity contribution >= 4 is 29.4 Å². The molecule has 0 aromatic heterocycles. The topological polar surface area (TPSA) is 55.6 Å². The molecular weight excluding hydrogens is 352 g/mol. The Hall–Kier alpha value is -0.850. The Labute approximate surface area is 159 Å². The molecule has 2 fully saturated rings. The Kier molecular flexibility index (Phi) is 6.96. The van der Waals surface area contributed by atoms with Gasteiger partial charge in [-0.05, 0) is 61.8 Å². The van der Waals surface area contributed by atoms with Crippen molar-refractivity contribution in [3.63, 3.8) is 0 Å². The van der Waals surface area contributed by atoms with E-state index in [9.17, 15) is 4.79 Å². The summed E-state index contributed by atoms with van der Waals surface area (Å²) in [6.45, 7) is 2.87. The number of nitrogens with zero attached hydrogens (tertiary/aromatic N) is 1. The van der Waals surface area contributed by atoms with Crippen LogP contribution in [0.25, 0.3) is 0 Å². The van der Waals surface area contributed by atoms with Crippen molar-refractivity contribution in [2.45, 2.75) is 49.3 Å². The molecule has 3 rings (SSSR count). The van der Waals surface area contributed by atoms with Gasteiger partial charge in [0.15, 0.2) is 6.61 Å². The lowest BCUT2D eigenvalue weighted by molar-refractivity contribution is -0.137. The van der Waals surface area contributed by atoms with Gasteiger partial charge in [0.2, 0.25) is 0 Å². The third kappa shape index (κ3) is 5.08. The Bertz CT molecular complexity index is 559. The first kappa shape index (κ1) is 18.9. The van der Waals surface area contributed by atoms with E-state index in [-0.39, 0.29) is 24.6 Å². The van der Waals surface area contributed by atoms with Crippen LogP contribution in [0.5, 0.6) is 5.75 Å². The molecule has 0 radical (unpaired) electrons. The van der Waals surface area contributed by atoms with E-state index in [1.165, 1.54) is 23.5 Å². The minimum Gasteiger partial charge on any atom is -0.484 e. The van der Waals surface area contributed by atoms with Crippen molar-refractivity contribution in [3.8, 4) is 5.75 Å². The lowest BCUT2D eigenvalue weighted by Gasteiger charge is -2.38. The van der Waals surface area contributed by atoms with Crippen molar-refractivity contribution in [1.82, 2.24) is 4.90 Å². The molecule has 2 aliphatic heterocycles. The first-order chi connectivity index (χ1) is 12.1. The number of carbonyl (C=O) groups excluding carboxylic acids is 1. The second kappa shape index (κ2) is 9.19. The number of carbonyl (C=O) groups is 1. The van der Waals surface area contributed by atoms with Gasteiger partial charge in [0.1, 0.15) is 5.75 Å². The highest BCUT2D eigenvalue weighted by molar-refractivity contribution is 8.16. The van der Waals surface area contributed by atoms with Crippen LogP contribution in [0.15, 0.2) is 24.3 Å². The molecule has 0 saturated carbocycles. The number of nitrogens with two attached hydrogens (primary N) is 1. The Morgan fingerprint density at radius 1 is 1.24 bits per heavy atom. The van der Waals surface area contributed by atoms with Crippen LogP contribution in [0.1, 0.15) is 42.8 Å². The average Bonchev–Trinajstić information content (AvgIpc) is 2.67. The Balaban J connectivity index is 1.53. The quantitative estimate of drug-likeness (QED) is 0.845. The Morgan fingerprint density at radius 3 is 2.64 bits per heavy atom. The van der Waals surface area contributed by atoms with E-state index in [1.54, 1.807) is 0 Å². The second-order valence-electron chi connectivity index (χ2n) is 6.79. The van der Waals surface area contributed by atoms with E-state index in [2.05, 4.69) is 12.1 Å². The number of rotatable bonds is 5. The van der Waals surface area contributed by atoms with Crippen LogP contribution >= 0.6 is 23.5 Å². The zero-order valence-corrected chi connectivity index (χ0v) is 16.5. The van der Waals surface area contributed by atoms with Gasteiger partial charge in [-0.2, -0.15) is 0 Å². The molecule has 0 spiro atoms. The molecule has 138 valence electrons. The number of amides is 1. The van der Waals surface area contributed by atoms with Crippen LogP contribution in [0.4, 0.5) is 0 Å². The van der Waals surface area contributed by atoms with Crippen LogP contribution in [0, 0.1) is 0 Å². The number of benzene rings is 1. The monoisotopic (exact) mass is 380 g/mol. The summed E-state index contributed by atoms with van der Waals surface area (Å²) in [6, 6.07) is 8.37.